The topological polar surface area (TPSA) is 25.8 Å². The minimum atomic E-state index is 0.887. The summed E-state index contributed by atoms with van der Waals surface area (Å²) in [5.74, 6) is 0. The molecule has 0 radical (unpaired) electrons. The molecule has 0 aliphatic heterocycles. The van der Waals surface area contributed by atoms with Crippen molar-refractivity contribution in [2.24, 2.45) is 0 Å². The largest absolute Gasteiger partial charge is 0.244 e. The molecule has 0 spiro atoms. The van der Waals surface area contributed by atoms with Crippen molar-refractivity contribution in [1.29, 1.82) is 0 Å². The molecular formula is C24H14Br2N2. The molecule has 2 nitrogen and oxygen atoms in total. The van der Waals surface area contributed by atoms with Crippen molar-refractivity contribution in [1.82, 2.24) is 9.97 Å². The van der Waals surface area contributed by atoms with Crippen LogP contribution in [0.4, 0.5) is 0 Å². The molecule has 0 saturated heterocycles. The third-order valence-corrected chi connectivity index (χ3v) is 5.85. The summed E-state index contributed by atoms with van der Waals surface area (Å²) in [6.45, 7) is 0. The average molecular weight is 490 g/mol. The van der Waals surface area contributed by atoms with Crippen LogP contribution in [0.15, 0.2) is 93.9 Å². The molecule has 0 N–H and O–H groups in total. The van der Waals surface area contributed by atoms with Crippen LogP contribution in [0, 0.1) is 0 Å². The number of nitrogens with zero attached hydrogens (tertiary/aromatic N) is 2. The first kappa shape index (κ1) is 17.5. The van der Waals surface area contributed by atoms with Crippen LogP contribution in [0.25, 0.3) is 44.3 Å². The highest BCUT2D eigenvalue weighted by molar-refractivity contribution is 9.10. The van der Waals surface area contributed by atoms with Crippen LogP contribution < -0.4 is 0 Å². The molecule has 4 heteroatoms. The monoisotopic (exact) mass is 488 g/mol. The van der Waals surface area contributed by atoms with E-state index in [0.29, 0.717) is 0 Å². The quantitative estimate of drug-likeness (QED) is 0.238. The van der Waals surface area contributed by atoms with E-state index < -0.39 is 0 Å². The minimum Gasteiger partial charge on any atom is -0.244 e. The number of benzene rings is 4. The van der Waals surface area contributed by atoms with Crippen molar-refractivity contribution >= 4 is 53.7 Å². The molecule has 5 aromatic rings. The second kappa shape index (κ2) is 7.12. The summed E-state index contributed by atoms with van der Waals surface area (Å²) < 4.78 is 2.09. The van der Waals surface area contributed by atoms with Gasteiger partial charge in [0, 0.05) is 25.5 Å². The van der Waals surface area contributed by atoms with Crippen LogP contribution in [0.2, 0.25) is 0 Å². The van der Waals surface area contributed by atoms with E-state index in [1.54, 1.807) is 0 Å². The molecule has 4 aromatic carbocycles. The number of aromatic nitrogens is 2. The number of halogens is 2. The maximum atomic E-state index is 5.11. The fourth-order valence-electron chi connectivity index (χ4n) is 3.41. The average Bonchev–Trinajstić information content (AvgIpc) is 2.74. The summed E-state index contributed by atoms with van der Waals surface area (Å²) in [4.78, 5) is 10.1. The first-order valence-electron chi connectivity index (χ1n) is 8.90. The Balaban J connectivity index is 1.86. The van der Waals surface area contributed by atoms with Crippen molar-refractivity contribution in [3.63, 3.8) is 0 Å². The summed E-state index contributed by atoms with van der Waals surface area (Å²) in [7, 11) is 0. The van der Waals surface area contributed by atoms with Crippen molar-refractivity contribution in [3.8, 4) is 22.5 Å². The van der Waals surface area contributed by atoms with Gasteiger partial charge in [0.1, 0.15) is 0 Å². The number of hydrogen-bond donors (Lipinski definition) is 0. The smallest absolute Gasteiger partial charge is 0.0973 e. The number of fused-ring (bicyclic) bond motifs is 3. The zero-order chi connectivity index (χ0) is 19.1. The van der Waals surface area contributed by atoms with Crippen LogP contribution in [0.3, 0.4) is 0 Å². The highest BCUT2D eigenvalue weighted by Crippen LogP contribution is 2.34. The molecule has 1 heterocycles. The number of rotatable bonds is 2. The predicted molar refractivity (Wildman–Crippen MR) is 123 cm³/mol. The molecule has 0 bridgehead atoms. The van der Waals surface area contributed by atoms with Gasteiger partial charge in [-0.15, -0.1) is 0 Å². The standard InChI is InChI=1S/C24H14Br2N2/c25-18-10-5-16(6-11-18)22-23(17-7-12-19(26)13-8-17)28-24-20-4-2-1-3-15(20)9-14-21(24)27-22/h1-14H. The second-order valence-corrected chi connectivity index (χ2v) is 8.42. The van der Waals surface area contributed by atoms with E-state index in [9.17, 15) is 0 Å². The lowest BCUT2D eigenvalue weighted by Crippen LogP contribution is -1.96. The van der Waals surface area contributed by atoms with E-state index in [1.807, 2.05) is 36.4 Å². The Morgan fingerprint density at radius 2 is 1.11 bits per heavy atom. The lowest BCUT2D eigenvalue weighted by Gasteiger charge is -2.12. The second-order valence-electron chi connectivity index (χ2n) is 6.59. The van der Waals surface area contributed by atoms with Crippen LogP contribution in [-0.4, -0.2) is 9.97 Å². The molecule has 5 rings (SSSR count). The summed E-state index contributed by atoms with van der Waals surface area (Å²) in [6.07, 6.45) is 0. The molecular weight excluding hydrogens is 476 g/mol. The van der Waals surface area contributed by atoms with E-state index in [-0.39, 0.29) is 0 Å². The van der Waals surface area contributed by atoms with Gasteiger partial charge >= 0.3 is 0 Å². The molecule has 1 aromatic heterocycles. The van der Waals surface area contributed by atoms with Gasteiger partial charge in [-0.1, -0.05) is 86.5 Å². The van der Waals surface area contributed by atoms with Gasteiger partial charge in [-0.2, -0.15) is 0 Å². The summed E-state index contributed by atoms with van der Waals surface area (Å²) in [6, 6.07) is 28.9. The summed E-state index contributed by atoms with van der Waals surface area (Å²) >= 11 is 7.04. The predicted octanol–water partition coefficient (Wildman–Crippen LogP) is 7.64. The number of hydrogen-bond acceptors (Lipinski definition) is 2. The van der Waals surface area contributed by atoms with Crippen molar-refractivity contribution < 1.29 is 0 Å². The Bertz CT molecular complexity index is 1310. The zero-order valence-corrected chi connectivity index (χ0v) is 17.9. The molecule has 0 saturated carbocycles. The first-order valence-corrected chi connectivity index (χ1v) is 10.5. The first-order chi connectivity index (χ1) is 13.7. The van der Waals surface area contributed by atoms with Gasteiger partial charge in [0.25, 0.3) is 0 Å². The molecule has 0 aliphatic carbocycles. The summed E-state index contributed by atoms with van der Waals surface area (Å²) in [5.41, 5.74) is 5.69. The van der Waals surface area contributed by atoms with E-state index in [2.05, 4.69) is 80.4 Å². The van der Waals surface area contributed by atoms with E-state index in [0.717, 1.165) is 47.9 Å². The Morgan fingerprint density at radius 1 is 0.536 bits per heavy atom. The third-order valence-electron chi connectivity index (χ3n) is 4.79. The Morgan fingerprint density at radius 3 is 1.75 bits per heavy atom. The molecule has 0 fully saturated rings. The Labute approximate surface area is 179 Å². The van der Waals surface area contributed by atoms with Crippen LogP contribution in [0.1, 0.15) is 0 Å². The van der Waals surface area contributed by atoms with Crippen molar-refractivity contribution in [3.05, 3.63) is 93.9 Å². The van der Waals surface area contributed by atoms with Gasteiger partial charge in [-0.05, 0) is 35.7 Å². The zero-order valence-electron chi connectivity index (χ0n) is 14.7. The van der Waals surface area contributed by atoms with E-state index in [4.69, 9.17) is 9.97 Å². The van der Waals surface area contributed by atoms with Crippen molar-refractivity contribution in [2.75, 3.05) is 0 Å². The summed E-state index contributed by atoms with van der Waals surface area (Å²) in [5, 5.41) is 2.29. The minimum absolute atomic E-state index is 0.887. The fraction of sp³-hybridized carbons (Fsp3) is 0. The van der Waals surface area contributed by atoms with Gasteiger partial charge in [-0.3, -0.25) is 0 Å². The lowest BCUT2D eigenvalue weighted by atomic mass is 10.0. The van der Waals surface area contributed by atoms with Gasteiger partial charge < -0.3 is 0 Å². The Kier molecular flexibility index (Phi) is 4.46. The molecule has 0 amide bonds. The SMILES string of the molecule is Brc1ccc(-c2nc3ccc4ccccc4c3nc2-c2ccc(Br)cc2)cc1. The maximum Gasteiger partial charge on any atom is 0.0973 e. The van der Waals surface area contributed by atoms with Gasteiger partial charge in [0.15, 0.2) is 0 Å². The molecule has 28 heavy (non-hydrogen) atoms. The van der Waals surface area contributed by atoms with E-state index in [1.165, 1.54) is 5.39 Å². The van der Waals surface area contributed by atoms with E-state index >= 15 is 0 Å². The lowest BCUT2D eigenvalue weighted by molar-refractivity contribution is 1.30. The van der Waals surface area contributed by atoms with Crippen LogP contribution in [-0.2, 0) is 0 Å². The molecule has 0 atom stereocenters. The molecule has 134 valence electrons. The Hall–Kier alpha value is -2.56. The van der Waals surface area contributed by atoms with Crippen molar-refractivity contribution in [2.45, 2.75) is 0 Å². The maximum absolute atomic E-state index is 5.11. The highest BCUT2D eigenvalue weighted by Gasteiger charge is 2.14. The van der Waals surface area contributed by atoms with Gasteiger partial charge in [-0.25, -0.2) is 9.97 Å². The van der Waals surface area contributed by atoms with Crippen LogP contribution >= 0.6 is 31.9 Å². The molecule has 0 unspecified atom stereocenters. The third kappa shape index (κ3) is 3.13. The fourth-order valence-corrected chi connectivity index (χ4v) is 3.94. The van der Waals surface area contributed by atoms with Gasteiger partial charge in [0.2, 0.25) is 0 Å². The van der Waals surface area contributed by atoms with Crippen LogP contribution in [0.5, 0.6) is 0 Å². The highest BCUT2D eigenvalue weighted by atomic mass is 79.9. The van der Waals surface area contributed by atoms with Gasteiger partial charge in [0.05, 0.1) is 22.4 Å². The molecule has 0 aliphatic rings. The normalized spacial score (nSPS) is 11.2.